The van der Waals surface area contributed by atoms with E-state index in [4.69, 9.17) is 15.3 Å². The Hall–Kier alpha value is -1.95. The highest BCUT2D eigenvalue weighted by Gasteiger charge is 2.17. The van der Waals surface area contributed by atoms with E-state index in [1.165, 1.54) is 0 Å². The van der Waals surface area contributed by atoms with Gasteiger partial charge in [0.2, 0.25) is 0 Å². The Morgan fingerprint density at radius 2 is 2.05 bits per heavy atom. The fourth-order valence-electron chi connectivity index (χ4n) is 2.19. The number of para-hydroxylation sites is 1. The number of rotatable bonds is 7. The van der Waals surface area contributed by atoms with Gasteiger partial charge in [-0.15, -0.1) is 0 Å². The van der Waals surface area contributed by atoms with Gasteiger partial charge in [0.25, 0.3) is 0 Å². The predicted molar refractivity (Wildman–Crippen MR) is 82.0 cm³/mol. The first-order valence-electron chi connectivity index (χ1n) is 6.84. The summed E-state index contributed by atoms with van der Waals surface area (Å²) in [6, 6.07) is 9.72. The van der Waals surface area contributed by atoms with E-state index in [2.05, 4.69) is 16.5 Å². The lowest BCUT2D eigenvalue weighted by molar-refractivity contribution is 0.145. The smallest absolute Gasteiger partial charge is 0.124 e. The first-order valence-corrected chi connectivity index (χ1v) is 6.84. The van der Waals surface area contributed by atoms with E-state index in [9.17, 15) is 0 Å². The summed E-state index contributed by atoms with van der Waals surface area (Å²) >= 11 is 0. The number of aryl methyl sites for hydroxylation is 1. The molecule has 0 aliphatic heterocycles. The lowest BCUT2D eigenvalue weighted by atomic mass is 9.99. The highest BCUT2D eigenvalue weighted by Crippen LogP contribution is 2.29. The van der Waals surface area contributed by atoms with E-state index in [0.717, 1.165) is 22.4 Å². The van der Waals surface area contributed by atoms with Gasteiger partial charge in [0.05, 0.1) is 12.6 Å². The third-order valence-electron chi connectivity index (χ3n) is 3.17. The molecule has 1 aromatic heterocycles. The second-order valence-electron chi connectivity index (χ2n) is 4.77. The molecule has 3 N–H and O–H groups in total. The number of ether oxygens (including phenoxy) is 2. The van der Waals surface area contributed by atoms with Crippen LogP contribution in [0, 0.1) is 6.92 Å². The van der Waals surface area contributed by atoms with Crippen LogP contribution in [0.15, 0.2) is 42.7 Å². The third-order valence-corrected chi connectivity index (χ3v) is 3.17. The number of benzene rings is 1. The molecule has 0 aliphatic rings. The van der Waals surface area contributed by atoms with E-state index in [0.29, 0.717) is 13.2 Å². The summed E-state index contributed by atoms with van der Waals surface area (Å²) in [6.45, 7) is 3.04. The Morgan fingerprint density at radius 1 is 1.24 bits per heavy atom. The summed E-state index contributed by atoms with van der Waals surface area (Å²) in [7, 11) is 1.65. The van der Waals surface area contributed by atoms with Gasteiger partial charge < -0.3 is 9.47 Å². The maximum atomic E-state index is 5.77. The van der Waals surface area contributed by atoms with Gasteiger partial charge in [0, 0.05) is 25.1 Å². The van der Waals surface area contributed by atoms with Gasteiger partial charge in [0.1, 0.15) is 12.4 Å². The van der Waals surface area contributed by atoms with Crippen LogP contribution in [0.1, 0.15) is 22.7 Å². The van der Waals surface area contributed by atoms with Gasteiger partial charge in [-0.1, -0.05) is 24.3 Å². The minimum atomic E-state index is -0.170. The van der Waals surface area contributed by atoms with Gasteiger partial charge in [-0.25, -0.2) is 5.43 Å². The normalized spacial score (nSPS) is 12.1. The molecule has 0 radical (unpaired) electrons. The highest BCUT2D eigenvalue weighted by molar-refractivity contribution is 5.41. The van der Waals surface area contributed by atoms with Gasteiger partial charge in [0.15, 0.2) is 0 Å². The van der Waals surface area contributed by atoms with E-state index < -0.39 is 0 Å². The minimum Gasteiger partial charge on any atom is -0.491 e. The topological polar surface area (TPSA) is 69.4 Å². The third kappa shape index (κ3) is 4.01. The molecule has 0 amide bonds. The molecule has 1 atom stereocenters. The maximum absolute atomic E-state index is 5.77. The van der Waals surface area contributed by atoms with E-state index in [-0.39, 0.29) is 6.04 Å². The Balaban J connectivity index is 2.29. The minimum absolute atomic E-state index is 0.170. The van der Waals surface area contributed by atoms with Gasteiger partial charge >= 0.3 is 0 Å². The molecule has 21 heavy (non-hydrogen) atoms. The predicted octanol–water partition coefficient (Wildman–Crippen LogP) is 1.97. The number of nitrogens with zero attached hydrogens (tertiary/aromatic N) is 1. The zero-order valence-electron chi connectivity index (χ0n) is 12.4. The highest BCUT2D eigenvalue weighted by atomic mass is 16.5. The molecule has 5 nitrogen and oxygen atoms in total. The number of hydrogen-bond donors (Lipinski definition) is 2. The fourth-order valence-corrected chi connectivity index (χ4v) is 2.19. The quantitative estimate of drug-likeness (QED) is 0.463. The lowest BCUT2D eigenvalue weighted by Gasteiger charge is -2.20. The van der Waals surface area contributed by atoms with Crippen LogP contribution in [0.25, 0.3) is 0 Å². The maximum Gasteiger partial charge on any atom is 0.124 e. The molecule has 1 aromatic carbocycles. The molecular weight excluding hydrogens is 266 g/mol. The monoisotopic (exact) mass is 287 g/mol. The van der Waals surface area contributed by atoms with Crippen molar-refractivity contribution in [1.29, 1.82) is 0 Å². The zero-order valence-corrected chi connectivity index (χ0v) is 12.4. The van der Waals surface area contributed by atoms with Crippen molar-refractivity contribution in [3.8, 4) is 5.75 Å². The van der Waals surface area contributed by atoms with Crippen molar-refractivity contribution in [2.45, 2.75) is 13.0 Å². The number of pyridine rings is 1. The van der Waals surface area contributed by atoms with Crippen molar-refractivity contribution in [3.63, 3.8) is 0 Å². The zero-order chi connectivity index (χ0) is 15.1. The molecule has 1 unspecified atom stereocenters. The summed E-state index contributed by atoms with van der Waals surface area (Å²) < 4.78 is 10.8. The van der Waals surface area contributed by atoms with Crippen molar-refractivity contribution in [2.75, 3.05) is 20.3 Å². The van der Waals surface area contributed by atoms with E-state index in [1.54, 1.807) is 7.11 Å². The van der Waals surface area contributed by atoms with Crippen LogP contribution < -0.4 is 16.0 Å². The number of aromatic nitrogens is 1. The molecule has 0 spiro atoms. The van der Waals surface area contributed by atoms with Gasteiger partial charge in [-0.2, -0.15) is 0 Å². The molecule has 0 fully saturated rings. The van der Waals surface area contributed by atoms with Crippen LogP contribution in [0.4, 0.5) is 0 Å². The van der Waals surface area contributed by atoms with Crippen LogP contribution >= 0.6 is 0 Å². The standard InChI is InChI=1S/C16H21N3O2/c1-12-9-13(11-18-10-12)16(19-17)14-5-3-4-6-15(14)21-8-7-20-2/h3-6,9-11,16,19H,7-8,17H2,1-2H3. The van der Waals surface area contributed by atoms with Crippen LogP contribution in [0.3, 0.4) is 0 Å². The molecule has 5 heteroatoms. The Bertz CT molecular complexity index is 575. The second-order valence-corrected chi connectivity index (χ2v) is 4.77. The molecule has 1 heterocycles. The molecule has 0 aliphatic carbocycles. The fraction of sp³-hybridized carbons (Fsp3) is 0.312. The Labute approximate surface area is 125 Å². The first kappa shape index (κ1) is 15.4. The van der Waals surface area contributed by atoms with Crippen molar-refractivity contribution in [1.82, 2.24) is 10.4 Å². The van der Waals surface area contributed by atoms with Gasteiger partial charge in [-0.3, -0.25) is 10.8 Å². The van der Waals surface area contributed by atoms with Crippen molar-refractivity contribution < 1.29 is 9.47 Å². The van der Waals surface area contributed by atoms with Crippen LogP contribution in [-0.2, 0) is 4.74 Å². The number of nitrogens with two attached hydrogens (primary N) is 1. The first-order chi connectivity index (χ1) is 10.3. The molecule has 0 bridgehead atoms. The molecule has 112 valence electrons. The average Bonchev–Trinajstić information content (AvgIpc) is 2.50. The van der Waals surface area contributed by atoms with E-state index >= 15 is 0 Å². The van der Waals surface area contributed by atoms with E-state index in [1.807, 2.05) is 43.6 Å². The van der Waals surface area contributed by atoms with Crippen LogP contribution in [-0.4, -0.2) is 25.3 Å². The number of methoxy groups -OCH3 is 1. The van der Waals surface area contributed by atoms with Crippen LogP contribution in [0.5, 0.6) is 5.75 Å². The summed E-state index contributed by atoms with van der Waals surface area (Å²) in [5.74, 6) is 6.54. The molecule has 0 saturated heterocycles. The Kier molecular flexibility index (Phi) is 5.68. The van der Waals surface area contributed by atoms with Crippen molar-refractivity contribution >= 4 is 0 Å². The largest absolute Gasteiger partial charge is 0.491 e. The summed E-state index contributed by atoms with van der Waals surface area (Å²) in [5, 5.41) is 0. The summed E-state index contributed by atoms with van der Waals surface area (Å²) in [6.07, 6.45) is 3.63. The van der Waals surface area contributed by atoms with Crippen molar-refractivity contribution in [3.05, 3.63) is 59.4 Å². The average molecular weight is 287 g/mol. The van der Waals surface area contributed by atoms with Crippen molar-refractivity contribution in [2.24, 2.45) is 5.84 Å². The SMILES string of the molecule is COCCOc1ccccc1C(NN)c1cncc(C)c1. The second kappa shape index (κ2) is 7.73. The lowest BCUT2D eigenvalue weighted by Crippen LogP contribution is -2.29. The number of hydrazine groups is 1. The Morgan fingerprint density at radius 3 is 2.76 bits per heavy atom. The van der Waals surface area contributed by atoms with Gasteiger partial charge in [-0.05, 0) is 24.1 Å². The number of nitrogens with one attached hydrogen (secondary N) is 1. The summed E-state index contributed by atoms with van der Waals surface area (Å²) in [5.41, 5.74) is 5.91. The molecule has 2 aromatic rings. The molecule has 0 saturated carbocycles. The van der Waals surface area contributed by atoms with Crippen LogP contribution in [0.2, 0.25) is 0 Å². The number of hydrogen-bond acceptors (Lipinski definition) is 5. The molecular formula is C16H21N3O2. The summed E-state index contributed by atoms with van der Waals surface area (Å²) in [4.78, 5) is 4.23. The molecule has 2 rings (SSSR count).